The van der Waals surface area contributed by atoms with Crippen LogP contribution in [0.15, 0.2) is 54.6 Å². The maximum Gasteiger partial charge on any atom is 0.210 e. The number of rotatable bonds is 2. The summed E-state index contributed by atoms with van der Waals surface area (Å²) in [5.74, 6) is 5.61. The van der Waals surface area contributed by atoms with Crippen molar-refractivity contribution in [1.82, 2.24) is 0 Å². The molecule has 0 fully saturated rings. The summed E-state index contributed by atoms with van der Waals surface area (Å²) < 4.78 is 0. The van der Waals surface area contributed by atoms with Gasteiger partial charge in [0.1, 0.15) is 0 Å². The van der Waals surface area contributed by atoms with Crippen LogP contribution in [0.1, 0.15) is 37.5 Å². The molecule has 2 aromatic rings. The topological polar surface area (TPSA) is 17.1 Å². The van der Waals surface area contributed by atoms with Crippen LogP contribution in [-0.2, 0) is 16.6 Å². The van der Waals surface area contributed by atoms with E-state index in [1.807, 2.05) is 42.5 Å². The van der Waals surface area contributed by atoms with Crippen molar-refractivity contribution in [2.45, 2.75) is 32.6 Å². The van der Waals surface area contributed by atoms with Crippen molar-refractivity contribution in [1.29, 1.82) is 0 Å². The van der Waals surface area contributed by atoms with Gasteiger partial charge in [0.25, 0.3) is 0 Å². The zero-order chi connectivity index (χ0) is 15.3. The van der Waals surface area contributed by atoms with Crippen molar-refractivity contribution < 1.29 is 4.79 Å². The van der Waals surface area contributed by atoms with E-state index in [9.17, 15) is 4.79 Å². The van der Waals surface area contributed by atoms with Crippen LogP contribution in [-0.4, -0.2) is 5.78 Å². The minimum Gasteiger partial charge on any atom is -0.285 e. The molecule has 2 rings (SSSR count). The summed E-state index contributed by atoms with van der Waals surface area (Å²) in [5.41, 5.74) is 3.28. The summed E-state index contributed by atoms with van der Waals surface area (Å²) in [4.78, 5) is 11.8. The van der Waals surface area contributed by atoms with Crippen LogP contribution in [0.3, 0.4) is 0 Å². The lowest BCUT2D eigenvalue weighted by Crippen LogP contribution is -2.10. The highest BCUT2D eigenvalue weighted by molar-refractivity contribution is 5.97. The van der Waals surface area contributed by atoms with Crippen LogP contribution in [0.25, 0.3) is 0 Å². The van der Waals surface area contributed by atoms with E-state index >= 15 is 0 Å². The molecule has 0 aliphatic carbocycles. The molecule has 0 radical (unpaired) electrons. The molecule has 0 spiro atoms. The Morgan fingerprint density at radius 2 is 1.57 bits per heavy atom. The summed E-state index contributed by atoms with van der Waals surface area (Å²) in [6.45, 7) is 6.53. The van der Waals surface area contributed by atoms with E-state index in [1.54, 1.807) is 0 Å². The first kappa shape index (κ1) is 15.1. The van der Waals surface area contributed by atoms with Gasteiger partial charge < -0.3 is 0 Å². The Kier molecular flexibility index (Phi) is 4.60. The van der Waals surface area contributed by atoms with E-state index in [-0.39, 0.29) is 11.2 Å². The van der Waals surface area contributed by atoms with Gasteiger partial charge in [-0.15, -0.1) is 0 Å². The predicted molar refractivity (Wildman–Crippen MR) is 87.2 cm³/mol. The highest BCUT2D eigenvalue weighted by Crippen LogP contribution is 2.21. The van der Waals surface area contributed by atoms with Crippen LogP contribution in [0.4, 0.5) is 0 Å². The summed E-state index contributed by atoms with van der Waals surface area (Å²) in [6, 6.07) is 17.8. The third-order valence-electron chi connectivity index (χ3n) is 3.30. The molecule has 0 heterocycles. The van der Waals surface area contributed by atoms with Crippen molar-refractivity contribution in [3.8, 4) is 11.8 Å². The van der Waals surface area contributed by atoms with Gasteiger partial charge >= 0.3 is 0 Å². The smallest absolute Gasteiger partial charge is 0.210 e. The molecule has 106 valence electrons. The largest absolute Gasteiger partial charge is 0.285 e. The average molecular weight is 276 g/mol. The summed E-state index contributed by atoms with van der Waals surface area (Å²) in [5, 5.41) is 0. The van der Waals surface area contributed by atoms with Crippen LogP contribution in [0.5, 0.6) is 0 Å². The second kappa shape index (κ2) is 6.41. The monoisotopic (exact) mass is 276 g/mol. The Bertz CT molecular complexity index is 662. The van der Waals surface area contributed by atoms with Crippen LogP contribution < -0.4 is 0 Å². The zero-order valence-electron chi connectivity index (χ0n) is 12.8. The number of carbonyl (C=O) groups excluding carboxylic acids is 1. The van der Waals surface area contributed by atoms with E-state index in [0.29, 0.717) is 6.42 Å². The van der Waals surface area contributed by atoms with Gasteiger partial charge in [-0.2, -0.15) is 0 Å². The lowest BCUT2D eigenvalue weighted by atomic mass is 9.87. The summed E-state index contributed by atoms with van der Waals surface area (Å²) >= 11 is 0. The number of ketones is 1. The minimum absolute atomic E-state index is 0.0545. The molecular formula is C20H20O. The van der Waals surface area contributed by atoms with Crippen molar-refractivity contribution in [3.63, 3.8) is 0 Å². The second-order valence-electron chi connectivity index (χ2n) is 6.16. The summed E-state index contributed by atoms with van der Waals surface area (Å²) in [7, 11) is 0. The zero-order valence-corrected chi connectivity index (χ0v) is 12.8. The molecule has 2 aromatic carbocycles. The van der Waals surface area contributed by atoms with Gasteiger partial charge in [0.05, 0.1) is 0 Å². The molecule has 0 aromatic heterocycles. The first-order valence-corrected chi connectivity index (χ1v) is 7.14. The Labute approximate surface area is 127 Å². The third-order valence-corrected chi connectivity index (χ3v) is 3.30. The first-order valence-electron chi connectivity index (χ1n) is 7.14. The van der Waals surface area contributed by atoms with Gasteiger partial charge in [-0.05, 0) is 34.6 Å². The standard InChI is InChI=1S/C20H20O/c1-20(2,3)18-12-9-16(10-13-18)11-14-19(21)15-17-7-5-4-6-8-17/h4-10,12-13H,15H2,1-3H3. The van der Waals surface area contributed by atoms with E-state index in [1.165, 1.54) is 5.56 Å². The van der Waals surface area contributed by atoms with Crippen LogP contribution in [0.2, 0.25) is 0 Å². The Morgan fingerprint density at radius 1 is 0.952 bits per heavy atom. The van der Waals surface area contributed by atoms with Gasteiger partial charge in [-0.25, -0.2) is 0 Å². The van der Waals surface area contributed by atoms with Crippen molar-refractivity contribution in [3.05, 3.63) is 71.3 Å². The number of hydrogen-bond donors (Lipinski definition) is 0. The molecule has 0 aliphatic rings. The van der Waals surface area contributed by atoms with E-state index in [4.69, 9.17) is 0 Å². The lowest BCUT2D eigenvalue weighted by Gasteiger charge is -2.18. The van der Waals surface area contributed by atoms with Gasteiger partial charge in [-0.3, -0.25) is 4.79 Å². The van der Waals surface area contributed by atoms with Crippen LogP contribution in [0, 0.1) is 11.8 Å². The van der Waals surface area contributed by atoms with Crippen molar-refractivity contribution >= 4 is 5.78 Å². The molecule has 0 amide bonds. The van der Waals surface area contributed by atoms with Crippen molar-refractivity contribution in [2.24, 2.45) is 0 Å². The van der Waals surface area contributed by atoms with E-state index in [2.05, 4.69) is 44.7 Å². The number of Topliss-reactive ketones (excluding diaryl/α,β-unsaturated/α-hetero) is 1. The van der Waals surface area contributed by atoms with Crippen LogP contribution >= 0.6 is 0 Å². The Balaban J connectivity index is 2.04. The number of benzene rings is 2. The molecule has 0 atom stereocenters. The molecule has 0 aliphatic heterocycles. The number of carbonyl (C=O) groups is 1. The minimum atomic E-state index is -0.0545. The highest BCUT2D eigenvalue weighted by Gasteiger charge is 2.12. The first-order chi connectivity index (χ1) is 9.95. The molecule has 1 nitrogen and oxygen atoms in total. The van der Waals surface area contributed by atoms with Gasteiger partial charge in [-0.1, -0.05) is 69.2 Å². The SMILES string of the molecule is CC(C)(C)c1ccc(C#CC(=O)Cc2ccccc2)cc1. The van der Waals surface area contributed by atoms with E-state index in [0.717, 1.165) is 11.1 Å². The molecule has 0 bridgehead atoms. The molecule has 0 N–H and O–H groups in total. The maximum absolute atomic E-state index is 11.8. The highest BCUT2D eigenvalue weighted by atomic mass is 16.1. The van der Waals surface area contributed by atoms with Gasteiger partial charge in [0.15, 0.2) is 0 Å². The average Bonchev–Trinajstić information content (AvgIpc) is 2.46. The fourth-order valence-electron chi connectivity index (χ4n) is 2.02. The lowest BCUT2D eigenvalue weighted by molar-refractivity contribution is -0.113. The normalized spacial score (nSPS) is 10.6. The Morgan fingerprint density at radius 3 is 2.14 bits per heavy atom. The van der Waals surface area contributed by atoms with Crippen molar-refractivity contribution in [2.75, 3.05) is 0 Å². The predicted octanol–water partition coefficient (Wildman–Crippen LogP) is 4.15. The third kappa shape index (κ3) is 4.61. The molecule has 0 unspecified atom stereocenters. The number of hydrogen-bond acceptors (Lipinski definition) is 1. The molecular weight excluding hydrogens is 256 g/mol. The molecule has 21 heavy (non-hydrogen) atoms. The van der Waals surface area contributed by atoms with E-state index < -0.39 is 0 Å². The molecule has 0 saturated carbocycles. The summed E-state index contributed by atoms with van der Waals surface area (Å²) in [6.07, 6.45) is 0.369. The fraction of sp³-hybridized carbons (Fsp3) is 0.250. The van der Waals surface area contributed by atoms with Gasteiger partial charge in [0, 0.05) is 12.0 Å². The quantitative estimate of drug-likeness (QED) is 0.753. The second-order valence-corrected chi connectivity index (χ2v) is 6.16. The molecule has 0 saturated heterocycles. The fourth-order valence-corrected chi connectivity index (χ4v) is 2.02. The molecule has 1 heteroatoms. The Hall–Kier alpha value is -2.33. The van der Waals surface area contributed by atoms with Gasteiger partial charge in [0.2, 0.25) is 5.78 Å². The maximum atomic E-state index is 11.8.